The van der Waals surface area contributed by atoms with Crippen LogP contribution in [0.15, 0.2) is 24.3 Å². The van der Waals surface area contributed by atoms with E-state index in [1.165, 1.54) is 0 Å². The van der Waals surface area contributed by atoms with E-state index in [1.807, 2.05) is 29.2 Å². The van der Waals surface area contributed by atoms with Gasteiger partial charge in [0.15, 0.2) is 11.6 Å². The van der Waals surface area contributed by atoms with Gasteiger partial charge >= 0.3 is 0 Å². The lowest BCUT2D eigenvalue weighted by Gasteiger charge is -2.25. The van der Waals surface area contributed by atoms with E-state index in [9.17, 15) is 5.11 Å². The Kier molecular flexibility index (Phi) is 5.79. The average Bonchev–Trinajstić information content (AvgIpc) is 3.07. The van der Waals surface area contributed by atoms with Crippen molar-refractivity contribution in [3.8, 4) is 5.75 Å². The van der Waals surface area contributed by atoms with Crippen molar-refractivity contribution in [1.29, 1.82) is 0 Å². The second kappa shape index (κ2) is 8.10. The van der Waals surface area contributed by atoms with Crippen LogP contribution in [0.4, 0.5) is 23.3 Å². The summed E-state index contributed by atoms with van der Waals surface area (Å²) in [5.41, 5.74) is 7.78. The molecule has 1 aliphatic heterocycles. The van der Waals surface area contributed by atoms with Crippen molar-refractivity contribution in [3.63, 3.8) is 0 Å². The molecule has 28 heavy (non-hydrogen) atoms. The maximum absolute atomic E-state index is 9.90. The van der Waals surface area contributed by atoms with Gasteiger partial charge in [0.2, 0.25) is 5.95 Å². The first-order valence-corrected chi connectivity index (χ1v) is 9.50. The Labute approximate surface area is 166 Å². The van der Waals surface area contributed by atoms with Crippen LogP contribution < -0.4 is 26.0 Å². The van der Waals surface area contributed by atoms with Gasteiger partial charge in [-0.2, -0.15) is 9.97 Å². The largest absolute Gasteiger partial charge is 0.497 e. The fourth-order valence-electron chi connectivity index (χ4n) is 3.09. The molecule has 2 heterocycles. The van der Waals surface area contributed by atoms with Crippen molar-refractivity contribution in [2.45, 2.75) is 45.4 Å². The molecule has 1 saturated heterocycles. The minimum absolute atomic E-state index is 0.189. The van der Waals surface area contributed by atoms with Gasteiger partial charge in [0.25, 0.3) is 0 Å². The summed E-state index contributed by atoms with van der Waals surface area (Å²) in [7, 11) is 1.65. The van der Waals surface area contributed by atoms with Gasteiger partial charge in [0, 0.05) is 25.2 Å². The van der Waals surface area contributed by atoms with Crippen molar-refractivity contribution in [2.24, 2.45) is 0 Å². The number of ether oxygens (including phenoxy) is 1. The summed E-state index contributed by atoms with van der Waals surface area (Å²) < 4.78 is 5.20. The molecule has 0 saturated carbocycles. The zero-order valence-electron chi connectivity index (χ0n) is 17.0. The number of hydrogen-bond donors (Lipinski definition) is 4. The first-order valence-electron chi connectivity index (χ1n) is 9.50. The molecule has 0 bridgehead atoms. The van der Waals surface area contributed by atoms with Crippen LogP contribution in [0.1, 0.15) is 32.8 Å². The van der Waals surface area contributed by atoms with Crippen molar-refractivity contribution in [1.82, 2.24) is 9.97 Å². The third-order valence-electron chi connectivity index (χ3n) is 4.49. The lowest BCUT2D eigenvalue weighted by Crippen LogP contribution is -2.29. The summed E-state index contributed by atoms with van der Waals surface area (Å²) in [6.07, 6.45) is 0.351. The zero-order chi connectivity index (χ0) is 20.3. The van der Waals surface area contributed by atoms with E-state index in [0.29, 0.717) is 42.8 Å². The molecule has 1 aliphatic rings. The van der Waals surface area contributed by atoms with E-state index >= 15 is 0 Å². The topological polar surface area (TPSA) is 109 Å². The molecule has 2 aromatic rings. The third-order valence-corrected chi connectivity index (χ3v) is 4.49. The van der Waals surface area contributed by atoms with Gasteiger partial charge in [-0.3, -0.25) is 0 Å². The van der Waals surface area contributed by atoms with Gasteiger partial charge in [-0.05, 0) is 44.9 Å². The average molecular weight is 387 g/mol. The minimum atomic E-state index is -0.357. The van der Waals surface area contributed by atoms with Crippen LogP contribution in [0.25, 0.3) is 0 Å². The van der Waals surface area contributed by atoms with Gasteiger partial charge in [-0.15, -0.1) is 0 Å². The fraction of sp³-hybridized carbons (Fsp3) is 0.500. The molecule has 0 spiro atoms. The summed E-state index contributed by atoms with van der Waals surface area (Å²) in [6, 6.07) is 7.83. The molecule has 3 rings (SSSR count). The first-order chi connectivity index (χ1) is 13.2. The second-order valence-corrected chi connectivity index (χ2v) is 8.10. The van der Waals surface area contributed by atoms with Crippen molar-refractivity contribution >= 4 is 23.3 Å². The van der Waals surface area contributed by atoms with Crippen molar-refractivity contribution < 1.29 is 9.84 Å². The lowest BCUT2D eigenvalue weighted by molar-refractivity contribution is 0.198. The van der Waals surface area contributed by atoms with Crippen LogP contribution in [0.5, 0.6) is 5.75 Å². The van der Waals surface area contributed by atoms with Crippen molar-refractivity contribution in [3.05, 3.63) is 29.8 Å². The Morgan fingerprint density at radius 1 is 1.25 bits per heavy atom. The number of benzene rings is 1. The summed E-state index contributed by atoms with van der Waals surface area (Å²) in [5.74, 6) is 2.55. The smallest absolute Gasteiger partial charge is 0.227 e. The minimum Gasteiger partial charge on any atom is -0.497 e. The normalized spacial score (nSPS) is 16.9. The number of nitrogen functional groups attached to an aromatic ring is 1. The highest BCUT2D eigenvalue weighted by atomic mass is 16.5. The van der Waals surface area contributed by atoms with Gasteiger partial charge in [-0.1, -0.05) is 12.1 Å². The number of β-amino-alcohol motifs (C(OH)–C–C–N with tert-alkyl or cyclic N) is 1. The predicted octanol–water partition coefficient (Wildman–Crippen LogP) is 2.46. The highest BCUT2D eigenvalue weighted by Gasteiger charge is 2.26. The van der Waals surface area contributed by atoms with E-state index in [0.717, 1.165) is 17.9 Å². The fourth-order valence-corrected chi connectivity index (χ4v) is 3.09. The molecule has 1 aromatic carbocycles. The van der Waals surface area contributed by atoms with Crippen molar-refractivity contribution in [2.75, 3.05) is 41.5 Å². The zero-order valence-corrected chi connectivity index (χ0v) is 17.0. The number of aromatic nitrogens is 2. The second-order valence-electron chi connectivity index (χ2n) is 8.10. The van der Waals surface area contributed by atoms with E-state index in [-0.39, 0.29) is 11.6 Å². The molecule has 8 heteroatoms. The summed E-state index contributed by atoms with van der Waals surface area (Å²) >= 11 is 0. The molecule has 0 radical (unpaired) electrons. The van der Waals surface area contributed by atoms with Crippen LogP contribution in [0, 0.1) is 0 Å². The molecule has 5 N–H and O–H groups in total. The first kappa shape index (κ1) is 20.0. The van der Waals surface area contributed by atoms with Gasteiger partial charge in [0.05, 0.1) is 13.2 Å². The third kappa shape index (κ3) is 4.95. The van der Waals surface area contributed by atoms with Crippen LogP contribution in [0.2, 0.25) is 0 Å². The maximum Gasteiger partial charge on any atom is 0.227 e. The molecule has 0 unspecified atom stereocenters. The Bertz CT molecular complexity index is 804. The molecule has 0 amide bonds. The maximum atomic E-state index is 9.90. The Hall–Kier alpha value is -2.74. The number of aliphatic hydroxyl groups excluding tert-OH is 1. The summed E-state index contributed by atoms with van der Waals surface area (Å²) in [4.78, 5) is 11.2. The van der Waals surface area contributed by atoms with Gasteiger partial charge in [0.1, 0.15) is 11.4 Å². The Morgan fingerprint density at radius 2 is 1.96 bits per heavy atom. The molecule has 1 atom stereocenters. The monoisotopic (exact) mass is 386 g/mol. The van der Waals surface area contributed by atoms with Crippen LogP contribution in [0.3, 0.4) is 0 Å². The van der Waals surface area contributed by atoms with Crippen LogP contribution >= 0.6 is 0 Å². The highest BCUT2D eigenvalue weighted by molar-refractivity contribution is 5.77. The Morgan fingerprint density at radius 3 is 2.54 bits per heavy atom. The molecule has 8 nitrogen and oxygen atoms in total. The lowest BCUT2D eigenvalue weighted by atomic mass is 10.1. The number of methoxy groups -OCH3 is 1. The number of aliphatic hydroxyl groups is 1. The molecule has 1 fully saturated rings. The van der Waals surface area contributed by atoms with E-state index in [1.54, 1.807) is 7.11 Å². The van der Waals surface area contributed by atoms with Gasteiger partial charge < -0.3 is 31.1 Å². The number of anilines is 4. The number of nitrogens with one attached hydrogen (secondary N) is 2. The van der Waals surface area contributed by atoms with Crippen LogP contribution in [-0.2, 0) is 6.54 Å². The molecule has 1 aromatic heterocycles. The molecule has 0 aliphatic carbocycles. The quantitative estimate of drug-likeness (QED) is 0.600. The number of nitrogens with two attached hydrogens (primary N) is 1. The van der Waals surface area contributed by atoms with E-state index in [4.69, 9.17) is 10.5 Å². The molecular weight excluding hydrogens is 356 g/mol. The molecular formula is C20H30N6O2. The SMILES string of the molecule is COc1ccc(CNc2nc(NC(C)(C)C)nc(N3CC[C@H](O)C3)c2N)cc1. The van der Waals surface area contributed by atoms with E-state index < -0.39 is 0 Å². The standard InChI is InChI=1S/C20H30N6O2/c1-20(2,3)25-19-23-17(22-11-13-5-7-15(28-4)8-6-13)16(21)18(24-19)26-10-9-14(27)12-26/h5-8,14,27H,9-12,21H2,1-4H3,(H2,22,23,24,25)/t14-/m0/s1. The summed E-state index contributed by atoms with van der Waals surface area (Å²) in [5, 5.41) is 16.5. The predicted molar refractivity (Wildman–Crippen MR) is 113 cm³/mol. The molecule has 152 valence electrons. The van der Waals surface area contributed by atoms with Gasteiger partial charge in [-0.25, -0.2) is 0 Å². The number of nitrogens with zero attached hydrogens (tertiary/aromatic N) is 3. The Balaban J connectivity index is 1.85. The number of hydrogen-bond acceptors (Lipinski definition) is 8. The number of rotatable bonds is 6. The van der Waals surface area contributed by atoms with Crippen LogP contribution in [-0.4, -0.2) is 46.9 Å². The summed E-state index contributed by atoms with van der Waals surface area (Å²) in [6.45, 7) is 7.97. The van der Waals surface area contributed by atoms with E-state index in [2.05, 4.69) is 41.4 Å². The highest BCUT2D eigenvalue weighted by Crippen LogP contribution is 2.32.